The van der Waals surface area contributed by atoms with Crippen LogP contribution in [0.3, 0.4) is 0 Å². The maximum Gasteiger partial charge on any atom is 0.217 e. The van der Waals surface area contributed by atoms with Crippen molar-refractivity contribution in [3.63, 3.8) is 0 Å². The van der Waals surface area contributed by atoms with Crippen LogP contribution in [0.4, 0.5) is 0 Å². The highest BCUT2D eigenvalue weighted by atomic mass is 32.2. The van der Waals surface area contributed by atoms with Crippen molar-refractivity contribution in [2.24, 2.45) is 11.3 Å². The Hall–Kier alpha value is -0.170. The normalized spacial score (nSPS) is 32.7. The number of nitrogens with zero attached hydrogens (tertiary/aromatic N) is 2. The number of hydrogen-bond acceptors (Lipinski definition) is 4. The van der Waals surface area contributed by atoms with Gasteiger partial charge in [-0.1, -0.05) is 0 Å². The van der Waals surface area contributed by atoms with Gasteiger partial charge in [-0.15, -0.1) is 0 Å². The summed E-state index contributed by atoms with van der Waals surface area (Å²) in [5.41, 5.74) is 0.197. The van der Waals surface area contributed by atoms with Crippen molar-refractivity contribution >= 4 is 10.0 Å². The summed E-state index contributed by atoms with van der Waals surface area (Å²) < 4.78 is 33.5. The van der Waals surface area contributed by atoms with E-state index >= 15 is 0 Å². The van der Waals surface area contributed by atoms with Crippen molar-refractivity contribution in [3.05, 3.63) is 0 Å². The summed E-state index contributed by atoms with van der Waals surface area (Å²) in [5.74, 6) is 0.738. The fourth-order valence-corrected chi connectivity index (χ4v) is 6.35. The van der Waals surface area contributed by atoms with Crippen molar-refractivity contribution in [1.29, 1.82) is 0 Å². The van der Waals surface area contributed by atoms with E-state index < -0.39 is 10.0 Å². The molecule has 2 aliphatic heterocycles. The summed E-state index contributed by atoms with van der Waals surface area (Å²) in [6.45, 7) is 4.33. The molecule has 0 amide bonds. The second kappa shape index (κ2) is 5.97. The van der Waals surface area contributed by atoms with Gasteiger partial charge in [0.25, 0.3) is 0 Å². The Morgan fingerprint density at radius 2 is 1.78 bits per heavy atom. The van der Waals surface area contributed by atoms with Crippen LogP contribution in [0.1, 0.15) is 44.9 Å². The zero-order chi connectivity index (χ0) is 16.1. The van der Waals surface area contributed by atoms with Crippen molar-refractivity contribution in [3.8, 4) is 0 Å². The second-order valence-electron chi connectivity index (χ2n) is 8.43. The fourth-order valence-electron chi connectivity index (χ4n) is 4.23. The van der Waals surface area contributed by atoms with Crippen molar-refractivity contribution in [2.45, 2.75) is 56.2 Å². The third-order valence-electron chi connectivity index (χ3n) is 6.25. The molecule has 1 atom stereocenters. The van der Waals surface area contributed by atoms with Crippen molar-refractivity contribution in [2.75, 3.05) is 39.9 Å². The van der Waals surface area contributed by atoms with Gasteiger partial charge in [0, 0.05) is 19.2 Å². The van der Waals surface area contributed by atoms with Crippen molar-refractivity contribution in [1.82, 2.24) is 9.21 Å². The molecule has 0 unspecified atom stereocenters. The van der Waals surface area contributed by atoms with Crippen LogP contribution in [-0.2, 0) is 14.8 Å². The molecule has 4 rings (SSSR count). The van der Waals surface area contributed by atoms with Crippen LogP contribution < -0.4 is 0 Å². The minimum atomic E-state index is -3.10. The second-order valence-corrected chi connectivity index (χ2v) is 10.6. The van der Waals surface area contributed by atoms with Crippen molar-refractivity contribution < 1.29 is 13.2 Å². The van der Waals surface area contributed by atoms with Gasteiger partial charge in [0.1, 0.15) is 0 Å². The van der Waals surface area contributed by atoms with E-state index in [4.69, 9.17) is 4.74 Å². The lowest BCUT2D eigenvalue weighted by Crippen LogP contribution is -2.42. The van der Waals surface area contributed by atoms with E-state index in [0.717, 1.165) is 64.3 Å². The molecule has 2 saturated carbocycles. The lowest BCUT2D eigenvalue weighted by atomic mass is 9.77. The Balaban J connectivity index is 1.46. The molecule has 0 N–H and O–H groups in total. The standard InChI is InChI=1S/C17H30N2O3S/c1-18-8-6-17(7-9-18)10-15(12-22-11-14-2-3-14)19(13-17)23(20,21)16-4-5-16/h14-16H,2-13H2,1H3/t15-/m0/s1. The number of likely N-dealkylation sites (tertiary alicyclic amines) is 1. The Morgan fingerprint density at radius 3 is 2.39 bits per heavy atom. The Labute approximate surface area is 140 Å². The Bertz CT molecular complexity index is 534. The molecule has 2 saturated heterocycles. The third kappa shape index (κ3) is 3.46. The molecule has 0 radical (unpaired) electrons. The molecule has 0 aromatic rings. The van der Waals surface area contributed by atoms with Gasteiger partial charge in [0.05, 0.1) is 11.9 Å². The first-order valence-corrected chi connectivity index (χ1v) is 10.8. The average Bonchev–Trinajstić information content (AvgIpc) is 3.40. The topological polar surface area (TPSA) is 49.9 Å². The number of sulfonamides is 1. The smallest absolute Gasteiger partial charge is 0.217 e. The molecular formula is C17H30N2O3S. The summed E-state index contributed by atoms with van der Waals surface area (Å²) in [4.78, 5) is 2.36. The molecular weight excluding hydrogens is 312 g/mol. The average molecular weight is 343 g/mol. The highest BCUT2D eigenvalue weighted by molar-refractivity contribution is 7.90. The first kappa shape index (κ1) is 16.3. The summed E-state index contributed by atoms with van der Waals surface area (Å²) in [6, 6.07) is 0.0720. The minimum absolute atomic E-state index is 0.0720. The van der Waals surface area contributed by atoms with Gasteiger partial charge in [-0.05, 0) is 76.4 Å². The molecule has 2 heterocycles. The maximum atomic E-state index is 12.9. The third-order valence-corrected chi connectivity index (χ3v) is 8.64. The summed E-state index contributed by atoms with van der Waals surface area (Å²) in [6.07, 6.45) is 7.51. The first-order valence-electron chi connectivity index (χ1n) is 9.26. The molecule has 2 aliphatic carbocycles. The molecule has 0 aromatic carbocycles. The van der Waals surface area contributed by atoms with Gasteiger partial charge in [-0.25, -0.2) is 8.42 Å². The molecule has 5 nitrogen and oxygen atoms in total. The SMILES string of the molecule is CN1CCC2(CC1)C[C@@H](COCC1CC1)N(S(=O)(=O)C1CC1)C2. The largest absolute Gasteiger partial charge is 0.379 e. The zero-order valence-electron chi connectivity index (χ0n) is 14.2. The van der Waals surface area contributed by atoms with Crippen LogP contribution in [0.2, 0.25) is 0 Å². The molecule has 0 bridgehead atoms. The van der Waals surface area contributed by atoms with E-state index in [-0.39, 0.29) is 16.7 Å². The van der Waals surface area contributed by atoms with Crippen LogP contribution in [0.5, 0.6) is 0 Å². The summed E-state index contributed by atoms with van der Waals surface area (Å²) >= 11 is 0. The predicted molar refractivity (Wildman–Crippen MR) is 89.8 cm³/mol. The monoisotopic (exact) mass is 342 g/mol. The number of ether oxygens (including phenoxy) is 1. The number of piperidine rings is 1. The lowest BCUT2D eigenvalue weighted by molar-refractivity contribution is 0.0877. The Morgan fingerprint density at radius 1 is 1.09 bits per heavy atom. The van der Waals surface area contributed by atoms with Crippen LogP contribution in [0, 0.1) is 11.3 Å². The minimum Gasteiger partial charge on any atom is -0.379 e. The molecule has 0 aromatic heterocycles. The molecule has 4 fully saturated rings. The van der Waals surface area contributed by atoms with Crippen LogP contribution >= 0.6 is 0 Å². The number of rotatable bonds is 6. The van der Waals surface area contributed by atoms with Gasteiger partial charge >= 0.3 is 0 Å². The van der Waals surface area contributed by atoms with E-state index in [1.807, 2.05) is 4.31 Å². The fraction of sp³-hybridized carbons (Fsp3) is 1.00. The maximum absolute atomic E-state index is 12.9. The van der Waals surface area contributed by atoms with Gasteiger partial charge in [-0.3, -0.25) is 0 Å². The molecule has 23 heavy (non-hydrogen) atoms. The molecule has 6 heteroatoms. The van der Waals surface area contributed by atoms with E-state index in [9.17, 15) is 8.42 Å². The van der Waals surface area contributed by atoms with Crippen LogP contribution in [-0.4, -0.2) is 68.8 Å². The zero-order valence-corrected chi connectivity index (χ0v) is 15.1. The quantitative estimate of drug-likeness (QED) is 0.737. The van der Waals surface area contributed by atoms with E-state index in [1.165, 1.54) is 12.8 Å². The van der Waals surface area contributed by atoms with E-state index in [0.29, 0.717) is 6.61 Å². The van der Waals surface area contributed by atoms with E-state index in [1.54, 1.807) is 0 Å². The molecule has 1 spiro atoms. The first-order chi connectivity index (χ1) is 11.0. The summed E-state index contributed by atoms with van der Waals surface area (Å²) in [7, 11) is -0.935. The van der Waals surface area contributed by atoms with Gasteiger partial charge < -0.3 is 9.64 Å². The van der Waals surface area contributed by atoms with Crippen LogP contribution in [0.15, 0.2) is 0 Å². The predicted octanol–water partition coefficient (Wildman–Crippen LogP) is 1.69. The number of hydrogen-bond donors (Lipinski definition) is 0. The molecule has 132 valence electrons. The van der Waals surface area contributed by atoms with Gasteiger partial charge in [0.15, 0.2) is 0 Å². The van der Waals surface area contributed by atoms with Gasteiger partial charge in [-0.2, -0.15) is 4.31 Å². The molecule has 4 aliphatic rings. The highest BCUT2D eigenvalue weighted by Crippen LogP contribution is 2.46. The summed E-state index contributed by atoms with van der Waals surface area (Å²) in [5, 5.41) is -0.102. The highest BCUT2D eigenvalue weighted by Gasteiger charge is 2.52. The van der Waals surface area contributed by atoms with Crippen LogP contribution in [0.25, 0.3) is 0 Å². The Kier molecular flexibility index (Phi) is 4.23. The van der Waals surface area contributed by atoms with Gasteiger partial charge in [0.2, 0.25) is 10.0 Å². The van der Waals surface area contributed by atoms with E-state index in [2.05, 4.69) is 11.9 Å². The lowest BCUT2D eigenvalue weighted by Gasteiger charge is -2.37.